The van der Waals surface area contributed by atoms with Crippen LogP contribution in [0.1, 0.15) is 25.8 Å². The first-order valence-electron chi connectivity index (χ1n) is 7.40. The first kappa shape index (κ1) is 18.1. The van der Waals surface area contributed by atoms with Gasteiger partial charge in [-0.1, -0.05) is 26.0 Å². The van der Waals surface area contributed by atoms with Gasteiger partial charge >= 0.3 is 0 Å². The van der Waals surface area contributed by atoms with E-state index in [2.05, 4.69) is 10.6 Å². The largest absolute Gasteiger partial charge is 0.383 e. The van der Waals surface area contributed by atoms with Crippen molar-refractivity contribution in [1.82, 2.24) is 5.32 Å². The number of amides is 2. The van der Waals surface area contributed by atoms with E-state index in [1.54, 1.807) is 0 Å². The maximum Gasteiger partial charge on any atom is 0.239 e. The van der Waals surface area contributed by atoms with Crippen LogP contribution in [0.15, 0.2) is 24.3 Å². The van der Waals surface area contributed by atoms with Crippen molar-refractivity contribution in [3.63, 3.8) is 0 Å². The van der Waals surface area contributed by atoms with E-state index in [1.165, 1.54) is 7.11 Å². The Morgan fingerprint density at radius 3 is 2.68 bits per heavy atom. The first-order chi connectivity index (χ1) is 10.5. The van der Waals surface area contributed by atoms with Crippen LogP contribution < -0.4 is 16.4 Å². The van der Waals surface area contributed by atoms with Crippen molar-refractivity contribution in [2.45, 2.75) is 32.9 Å². The minimum Gasteiger partial charge on any atom is -0.383 e. The molecule has 2 amide bonds. The SMILES string of the molecule is CCC(C)C(=O)Nc1cccc(CNC(=O)C(N)COC)c1. The van der Waals surface area contributed by atoms with Gasteiger partial charge in [0.2, 0.25) is 11.8 Å². The van der Waals surface area contributed by atoms with Crippen LogP contribution >= 0.6 is 0 Å². The third-order valence-electron chi connectivity index (χ3n) is 3.40. The topological polar surface area (TPSA) is 93.5 Å². The van der Waals surface area contributed by atoms with Crippen molar-refractivity contribution in [3.8, 4) is 0 Å². The molecule has 4 N–H and O–H groups in total. The normalized spacial score (nSPS) is 13.3. The molecule has 0 aliphatic carbocycles. The molecule has 0 aliphatic rings. The van der Waals surface area contributed by atoms with Crippen LogP contribution in [0.4, 0.5) is 5.69 Å². The van der Waals surface area contributed by atoms with Crippen LogP contribution in [-0.4, -0.2) is 31.6 Å². The van der Waals surface area contributed by atoms with Gasteiger partial charge in [0.25, 0.3) is 0 Å². The smallest absolute Gasteiger partial charge is 0.239 e. The number of carbonyl (C=O) groups excluding carboxylic acids is 2. The molecule has 1 rings (SSSR count). The van der Waals surface area contributed by atoms with E-state index in [-0.39, 0.29) is 24.3 Å². The molecule has 122 valence electrons. The van der Waals surface area contributed by atoms with Crippen LogP contribution in [0.3, 0.4) is 0 Å². The Labute approximate surface area is 131 Å². The lowest BCUT2D eigenvalue weighted by Gasteiger charge is -2.13. The van der Waals surface area contributed by atoms with Gasteiger partial charge in [-0.3, -0.25) is 9.59 Å². The summed E-state index contributed by atoms with van der Waals surface area (Å²) in [4.78, 5) is 23.6. The zero-order valence-electron chi connectivity index (χ0n) is 13.4. The van der Waals surface area contributed by atoms with Crippen LogP contribution in [0.5, 0.6) is 0 Å². The summed E-state index contributed by atoms with van der Waals surface area (Å²) >= 11 is 0. The summed E-state index contributed by atoms with van der Waals surface area (Å²) in [6.45, 7) is 4.39. The van der Waals surface area contributed by atoms with Crippen molar-refractivity contribution in [2.75, 3.05) is 19.0 Å². The highest BCUT2D eigenvalue weighted by Crippen LogP contribution is 2.13. The van der Waals surface area contributed by atoms with Gasteiger partial charge in [-0.25, -0.2) is 0 Å². The number of rotatable bonds is 8. The Morgan fingerprint density at radius 2 is 2.05 bits per heavy atom. The van der Waals surface area contributed by atoms with Gasteiger partial charge < -0.3 is 21.1 Å². The number of nitrogens with two attached hydrogens (primary N) is 1. The molecule has 22 heavy (non-hydrogen) atoms. The van der Waals surface area contributed by atoms with Gasteiger partial charge in [0.15, 0.2) is 0 Å². The Kier molecular flexibility index (Phi) is 7.56. The molecule has 0 radical (unpaired) electrons. The average molecular weight is 307 g/mol. The number of carbonyl (C=O) groups is 2. The monoisotopic (exact) mass is 307 g/mol. The quantitative estimate of drug-likeness (QED) is 0.674. The molecule has 2 unspecified atom stereocenters. The first-order valence-corrected chi connectivity index (χ1v) is 7.40. The van der Waals surface area contributed by atoms with Gasteiger partial charge in [0.1, 0.15) is 6.04 Å². The molecule has 2 atom stereocenters. The van der Waals surface area contributed by atoms with Gasteiger partial charge in [-0.05, 0) is 24.1 Å². The molecule has 1 aromatic rings. The summed E-state index contributed by atoms with van der Waals surface area (Å²) < 4.78 is 4.84. The van der Waals surface area contributed by atoms with E-state index >= 15 is 0 Å². The average Bonchev–Trinajstić information content (AvgIpc) is 2.52. The number of methoxy groups -OCH3 is 1. The number of anilines is 1. The zero-order chi connectivity index (χ0) is 16.5. The highest BCUT2D eigenvalue weighted by Gasteiger charge is 2.13. The van der Waals surface area contributed by atoms with Crippen molar-refractivity contribution in [2.24, 2.45) is 11.7 Å². The second-order valence-electron chi connectivity index (χ2n) is 5.28. The lowest BCUT2D eigenvalue weighted by molar-refractivity contribution is -0.123. The van der Waals surface area contributed by atoms with E-state index < -0.39 is 6.04 Å². The molecule has 6 nitrogen and oxygen atoms in total. The Hall–Kier alpha value is -1.92. The number of nitrogens with one attached hydrogen (secondary N) is 2. The third-order valence-corrected chi connectivity index (χ3v) is 3.40. The van der Waals surface area contributed by atoms with Gasteiger partial charge in [-0.15, -0.1) is 0 Å². The second kappa shape index (κ2) is 9.17. The van der Waals surface area contributed by atoms with E-state index in [0.717, 1.165) is 17.7 Å². The molecule has 0 aliphatic heterocycles. The maximum absolute atomic E-state index is 11.9. The molecule has 0 saturated carbocycles. The second-order valence-corrected chi connectivity index (χ2v) is 5.28. The summed E-state index contributed by atoms with van der Waals surface area (Å²) in [7, 11) is 1.50. The van der Waals surface area contributed by atoms with E-state index in [1.807, 2.05) is 38.1 Å². The summed E-state index contributed by atoms with van der Waals surface area (Å²) in [6.07, 6.45) is 0.791. The van der Waals surface area contributed by atoms with Gasteiger partial charge in [0, 0.05) is 25.3 Å². The molecule has 0 bridgehead atoms. The summed E-state index contributed by atoms with van der Waals surface area (Å²) in [6, 6.07) is 6.69. The fraction of sp³-hybridized carbons (Fsp3) is 0.500. The predicted octanol–water partition coefficient (Wildman–Crippen LogP) is 1.26. The Balaban J connectivity index is 2.57. The number of benzene rings is 1. The number of ether oxygens (including phenoxy) is 1. The maximum atomic E-state index is 11.9. The van der Waals surface area contributed by atoms with Crippen molar-refractivity contribution in [1.29, 1.82) is 0 Å². The summed E-state index contributed by atoms with van der Waals surface area (Å²) in [5.41, 5.74) is 7.25. The van der Waals surface area contributed by atoms with Crippen molar-refractivity contribution < 1.29 is 14.3 Å². The summed E-state index contributed by atoms with van der Waals surface area (Å²) in [5.74, 6) is -0.308. The van der Waals surface area contributed by atoms with Crippen LogP contribution in [0.2, 0.25) is 0 Å². The van der Waals surface area contributed by atoms with Gasteiger partial charge in [-0.2, -0.15) is 0 Å². The fourth-order valence-electron chi connectivity index (χ4n) is 1.79. The Morgan fingerprint density at radius 1 is 1.32 bits per heavy atom. The minimum absolute atomic E-state index is 0.00852. The molecule has 0 saturated heterocycles. The molecular weight excluding hydrogens is 282 g/mol. The number of hydrogen-bond acceptors (Lipinski definition) is 4. The van der Waals surface area contributed by atoms with E-state index in [0.29, 0.717) is 6.54 Å². The minimum atomic E-state index is -0.682. The molecule has 0 aromatic heterocycles. The third kappa shape index (κ3) is 5.83. The molecule has 1 aromatic carbocycles. The van der Waals surface area contributed by atoms with Crippen molar-refractivity contribution >= 4 is 17.5 Å². The van der Waals surface area contributed by atoms with Crippen LogP contribution in [-0.2, 0) is 20.9 Å². The summed E-state index contributed by atoms with van der Waals surface area (Å²) in [5, 5.41) is 5.61. The van der Waals surface area contributed by atoms with Crippen LogP contribution in [0, 0.1) is 5.92 Å². The van der Waals surface area contributed by atoms with E-state index in [9.17, 15) is 9.59 Å². The highest BCUT2D eigenvalue weighted by molar-refractivity contribution is 5.92. The van der Waals surface area contributed by atoms with Crippen molar-refractivity contribution in [3.05, 3.63) is 29.8 Å². The molecular formula is C16H25N3O3. The molecule has 0 fully saturated rings. The highest BCUT2D eigenvalue weighted by atomic mass is 16.5. The molecule has 6 heteroatoms. The predicted molar refractivity (Wildman–Crippen MR) is 86.2 cm³/mol. The van der Waals surface area contributed by atoms with Crippen LogP contribution in [0.25, 0.3) is 0 Å². The van der Waals surface area contributed by atoms with Gasteiger partial charge in [0.05, 0.1) is 6.61 Å². The Bertz CT molecular complexity index is 505. The van der Waals surface area contributed by atoms with E-state index in [4.69, 9.17) is 10.5 Å². The number of hydrogen-bond donors (Lipinski definition) is 3. The lowest BCUT2D eigenvalue weighted by atomic mass is 10.1. The standard InChI is InChI=1S/C16H25N3O3/c1-4-11(2)15(20)19-13-7-5-6-12(8-13)9-18-16(21)14(17)10-22-3/h5-8,11,14H,4,9-10,17H2,1-3H3,(H,18,21)(H,19,20). The zero-order valence-corrected chi connectivity index (χ0v) is 13.4. The molecule has 0 spiro atoms. The lowest BCUT2D eigenvalue weighted by Crippen LogP contribution is -2.43. The molecule has 0 heterocycles. The fourth-order valence-corrected chi connectivity index (χ4v) is 1.79.